The molecule has 4 aromatic rings. The van der Waals surface area contributed by atoms with Crippen LogP contribution in [0, 0.1) is 0 Å². The topological polar surface area (TPSA) is 92.2 Å². The van der Waals surface area contributed by atoms with E-state index in [1.807, 2.05) is 47.3 Å². The summed E-state index contributed by atoms with van der Waals surface area (Å²) in [5.74, 6) is 1.53. The van der Waals surface area contributed by atoms with Crippen LogP contribution in [0.3, 0.4) is 0 Å². The highest BCUT2D eigenvalue weighted by atomic mass is 16.5. The van der Waals surface area contributed by atoms with Crippen molar-refractivity contribution in [2.24, 2.45) is 0 Å². The van der Waals surface area contributed by atoms with Crippen LogP contribution in [0.25, 0.3) is 16.9 Å². The molecule has 1 unspecified atom stereocenters. The lowest BCUT2D eigenvalue weighted by molar-refractivity contribution is 0.277. The first-order valence-electron chi connectivity index (χ1n) is 9.41. The highest BCUT2D eigenvalue weighted by molar-refractivity contribution is 5.74. The van der Waals surface area contributed by atoms with E-state index in [-0.39, 0.29) is 0 Å². The van der Waals surface area contributed by atoms with E-state index in [0.717, 1.165) is 34.9 Å². The Labute approximate surface area is 162 Å². The summed E-state index contributed by atoms with van der Waals surface area (Å²) >= 11 is 0. The maximum absolute atomic E-state index is 5.95. The van der Waals surface area contributed by atoms with Crippen LogP contribution in [0.1, 0.15) is 12.8 Å². The Hall–Kier alpha value is -3.39. The standard InChI is InChI=1S/C20H21N7O/c1-3-15(9-17(5-1)28-13-16-4-2-6-21-16)26-19-20-23-12-18(14-10-24-25-11-14)27(20)8-7-22-19/h1,3,5,7-12,16,21H,2,4,6,13H2,(H,22,26)(H,24,25). The number of aromatic nitrogens is 5. The molecule has 4 heterocycles. The monoisotopic (exact) mass is 375 g/mol. The third-order valence-electron chi connectivity index (χ3n) is 4.93. The van der Waals surface area contributed by atoms with Gasteiger partial charge in [-0.05, 0) is 31.5 Å². The summed E-state index contributed by atoms with van der Waals surface area (Å²) in [5.41, 5.74) is 3.58. The van der Waals surface area contributed by atoms with Crippen LogP contribution in [0.4, 0.5) is 11.5 Å². The van der Waals surface area contributed by atoms with Gasteiger partial charge in [0.1, 0.15) is 12.4 Å². The van der Waals surface area contributed by atoms with E-state index in [2.05, 4.69) is 30.8 Å². The van der Waals surface area contributed by atoms with Crippen molar-refractivity contribution in [1.82, 2.24) is 29.9 Å². The minimum absolute atomic E-state index is 0.443. The number of anilines is 2. The first kappa shape index (κ1) is 16.8. The molecule has 1 atom stereocenters. The second-order valence-corrected chi connectivity index (χ2v) is 6.86. The van der Waals surface area contributed by atoms with E-state index in [0.29, 0.717) is 18.5 Å². The van der Waals surface area contributed by atoms with E-state index in [1.54, 1.807) is 12.4 Å². The average molecular weight is 375 g/mol. The molecule has 3 N–H and O–H groups in total. The van der Waals surface area contributed by atoms with Crippen LogP contribution < -0.4 is 15.4 Å². The lowest BCUT2D eigenvalue weighted by Crippen LogP contribution is -2.28. The molecule has 8 nitrogen and oxygen atoms in total. The van der Waals surface area contributed by atoms with Crippen molar-refractivity contribution in [3.63, 3.8) is 0 Å². The zero-order chi connectivity index (χ0) is 18.8. The minimum atomic E-state index is 0.443. The van der Waals surface area contributed by atoms with Gasteiger partial charge in [0.2, 0.25) is 0 Å². The molecule has 3 aromatic heterocycles. The Kier molecular flexibility index (Phi) is 4.38. The molecule has 28 heavy (non-hydrogen) atoms. The van der Waals surface area contributed by atoms with E-state index in [1.165, 1.54) is 12.8 Å². The summed E-state index contributed by atoms with van der Waals surface area (Å²) in [6, 6.07) is 8.37. The fourth-order valence-corrected chi connectivity index (χ4v) is 3.51. The van der Waals surface area contributed by atoms with Gasteiger partial charge in [-0.2, -0.15) is 5.10 Å². The molecule has 0 spiro atoms. The Morgan fingerprint density at radius 1 is 1.25 bits per heavy atom. The third kappa shape index (κ3) is 3.29. The van der Waals surface area contributed by atoms with Crippen molar-refractivity contribution < 1.29 is 4.74 Å². The van der Waals surface area contributed by atoms with Crippen molar-refractivity contribution in [1.29, 1.82) is 0 Å². The summed E-state index contributed by atoms with van der Waals surface area (Å²) in [7, 11) is 0. The Bertz CT molecular complexity index is 1070. The predicted molar refractivity (Wildman–Crippen MR) is 107 cm³/mol. The van der Waals surface area contributed by atoms with Crippen LogP contribution in [0.5, 0.6) is 5.75 Å². The second-order valence-electron chi connectivity index (χ2n) is 6.86. The molecule has 0 bridgehead atoms. The van der Waals surface area contributed by atoms with Crippen molar-refractivity contribution in [2.75, 3.05) is 18.5 Å². The molecular weight excluding hydrogens is 354 g/mol. The highest BCUT2D eigenvalue weighted by Gasteiger charge is 2.15. The normalized spacial score (nSPS) is 16.5. The number of H-pyrrole nitrogens is 1. The van der Waals surface area contributed by atoms with Gasteiger partial charge in [-0.25, -0.2) is 9.97 Å². The molecule has 0 amide bonds. The number of hydrogen-bond acceptors (Lipinski definition) is 6. The molecule has 5 rings (SSSR count). The predicted octanol–water partition coefficient (Wildman–Crippen LogP) is 2.99. The van der Waals surface area contributed by atoms with Gasteiger partial charge in [0.15, 0.2) is 11.5 Å². The summed E-state index contributed by atoms with van der Waals surface area (Å²) in [6.07, 6.45) is 11.5. The molecule has 1 aliphatic heterocycles. The molecule has 1 saturated heterocycles. The molecular formula is C20H21N7O. The first-order valence-corrected chi connectivity index (χ1v) is 9.41. The van der Waals surface area contributed by atoms with Gasteiger partial charge >= 0.3 is 0 Å². The van der Waals surface area contributed by atoms with Gasteiger partial charge < -0.3 is 15.4 Å². The molecule has 142 valence electrons. The summed E-state index contributed by atoms with van der Waals surface area (Å²) in [6.45, 7) is 1.77. The Balaban J connectivity index is 1.37. The number of nitrogens with zero attached hydrogens (tertiary/aromatic N) is 4. The zero-order valence-electron chi connectivity index (χ0n) is 15.3. The summed E-state index contributed by atoms with van der Waals surface area (Å²) in [4.78, 5) is 9.01. The smallest absolute Gasteiger partial charge is 0.180 e. The van der Waals surface area contributed by atoms with Crippen LogP contribution in [-0.2, 0) is 0 Å². The van der Waals surface area contributed by atoms with Gasteiger partial charge in [0.05, 0.1) is 18.1 Å². The largest absolute Gasteiger partial charge is 0.492 e. The molecule has 0 aliphatic carbocycles. The Morgan fingerprint density at radius 3 is 3.11 bits per heavy atom. The molecule has 0 radical (unpaired) electrons. The fraction of sp³-hybridized carbons (Fsp3) is 0.250. The molecule has 1 aromatic carbocycles. The van der Waals surface area contributed by atoms with E-state index >= 15 is 0 Å². The fourth-order valence-electron chi connectivity index (χ4n) is 3.51. The molecule has 8 heteroatoms. The van der Waals surface area contributed by atoms with Crippen molar-refractivity contribution in [3.05, 3.63) is 55.2 Å². The quantitative estimate of drug-likeness (QED) is 0.480. The molecule has 1 fully saturated rings. The molecule has 1 aliphatic rings. The highest BCUT2D eigenvalue weighted by Crippen LogP contribution is 2.26. The maximum atomic E-state index is 5.95. The summed E-state index contributed by atoms with van der Waals surface area (Å²) in [5, 5.41) is 13.7. The van der Waals surface area contributed by atoms with Crippen molar-refractivity contribution >= 4 is 17.2 Å². The number of imidazole rings is 1. The number of aromatic amines is 1. The van der Waals surface area contributed by atoms with Gasteiger partial charge in [-0.1, -0.05) is 6.07 Å². The van der Waals surface area contributed by atoms with E-state index in [9.17, 15) is 0 Å². The van der Waals surface area contributed by atoms with Crippen LogP contribution >= 0.6 is 0 Å². The van der Waals surface area contributed by atoms with Gasteiger partial charge in [0.25, 0.3) is 0 Å². The summed E-state index contributed by atoms with van der Waals surface area (Å²) < 4.78 is 7.95. The number of ether oxygens (including phenoxy) is 1. The van der Waals surface area contributed by atoms with Crippen LogP contribution in [0.2, 0.25) is 0 Å². The average Bonchev–Trinajstić information content (AvgIpc) is 3.47. The van der Waals surface area contributed by atoms with E-state index < -0.39 is 0 Å². The number of rotatable bonds is 6. The zero-order valence-corrected chi connectivity index (χ0v) is 15.3. The molecule has 0 saturated carbocycles. The minimum Gasteiger partial charge on any atom is -0.492 e. The lowest BCUT2D eigenvalue weighted by atomic mass is 10.2. The second kappa shape index (κ2) is 7.32. The number of nitrogens with one attached hydrogen (secondary N) is 3. The lowest BCUT2D eigenvalue weighted by Gasteiger charge is -2.13. The van der Waals surface area contributed by atoms with Gasteiger partial charge in [-0.15, -0.1) is 0 Å². The van der Waals surface area contributed by atoms with Crippen molar-refractivity contribution in [2.45, 2.75) is 18.9 Å². The number of benzene rings is 1. The van der Waals surface area contributed by atoms with Crippen LogP contribution in [-0.4, -0.2) is 43.8 Å². The van der Waals surface area contributed by atoms with E-state index in [4.69, 9.17) is 4.74 Å². The van der Waals surface area contributed by atoms with Crippen LogP contribution in [0.15, 0.2) is 55.2 Å². The third-order valence-corrected chi connectivity index (χ3v) is 4.93. The van der Waals surface area contributed by atoms with Gasteiger partial charge in [-0.3, -0.25) is 9.50 Å². The SMILES string of the molecule is c1cc(Nc2nccn3c(-c4cn[nH]c4)cnc23)cc(OCC2CCCN2)c1. The maximum Gasteiger partial charge on any atom is 0.180 e. The first-order chi connectivity index (χ1) is 13.9. The van der Waals surface area contributed by atoms with Gasteiger partial charge in [0, 0.05) is 41.9 Å². The number of fused-ring (bicyclic) bond motifs is 1. The van der Waals surface area contributed by atoms with Crippen molar-refractivity contribution in [3.8, 4) is 17.0 Å². The Morgan fingerprint density at radius 2 is 2.25 bits per heavy atom. The number of hydrogen-bond donors (Lipinski definition) is 3.